The average molecular weight is 309 g/mol. The quantitative estimate of drug-likeness (QED) is 0.922. The summed E-state index contributed by atoms with van der Waals surface area (Å²) in [5, 5.41) is 0. The monoisotopic (exact) mass is 309 g/mol. The Labute approximate surface area is 137 Å². The van der Waals surface area contributed by atoms with Gasteiger partial charge >= 0.3 is 0 Å². The summed E-state index contributed by atoms with van der Waals surface area (Å²) >= 11 is 0. The molecule has 1 aliphatic heterocycles. The maximum atomic E-state index is 11.1. The van der Waals surface area contributed by atoms with Crippen molar-refractivity contribution in [1.82, 2.24) is 9.88 Å². The first-order valence-corrected chi connectivity index (χ1v) is 8.21. The largest absolute Gasteiger partial charge is 0.369 e. The second-order valence-electron chi connectivity index (χ2n) is 6.26. The van der Waals surface area contributed by atoms with Gasteiger partial charge in [0.05, 0.1) is 6.54 Å². The molecule has 0 radical (unpaired) electrons. The lowest BCUT2D eigenvalue weighted by molar-refractivity contribution is -0.119. The van der Waals surface area contributed by atoms with Gasteiger partial charge in [-0.3, -0.25) is 14.7 Å². The van der Waals surface area contributed by atoms with E-state index >= 15 is 0 Å². The standard InChI is InChI=1S/C19H23N3O/c20-19(23)14-22-11-5-8-16(13-22)18-10-4-9-17(21-18)12-15-6-2-1-3-7-15/h1-4,6-7,9-10,16H,5,8,11-14H2,(H2,20,23)/t16-/m1/s1. The molecule has 0 spiro atoms. The number of pyridine rings is 1. The minimum absolute atomic E-state index is 0.253. The maximum absolute atomic E-state index is 11.1. The van der Waals surface area contributed by atoms with Crippen LogP contribution in [0.15, 0.2) is 48.5 Å². The average Bonchev–Trinajstić information content (AvgIpc) is 2.56. The number of hydrogen-bond acceptors (Lipinski definition) is 3. The van der Waals surface area contributed by atoms with Gasteiger partial charge in [0.2, 0.25) is 5.91 Å². The highest BCUT2D eigenvalue weighted by Crippen LogP contribution is 2.25. The van der Waals surface area contributed by atoms with E-state index in [0.717, 1.165) is 43.7 Å². The molecule has 1 atom stereocenters. The molecular formula is C19H23N3O. The number of nitrogens with two attached hydrogens (primary N) is 1. The van der Waals surface area contributed by atoms with Crippen LogP contribution in [-0.2, 0) is 11.2 Å². The fourth-order valence-electron chi connectivity index (χ4n) is 3.29. The highest BCUT2D eigenvalue weighted by Gasteiger charge is 2.23. The number of carbonyl (C=O) groups is 1. The van der Waals surface area contributed by atoms with Crippen molar-refractivity contribution in [1.29, 1.82) is 0 Å². The summed E-state index contributed by atoms with van der Waals surface area (Å²) in [4.78, 5) is 18.1. The highest BCUT2D eigenvalue weighted by atomic mass is 16.1. The van der Waals surface area contributed by atoms with Gasteiger partial charge in [0.1, 0.15) is 0 Å². The molecule has 1 aromatic carbocycles. The molecule has 1 aromatic heterocycles. The molecule has 23 heavy (non-hydrogen) atoms. The van der Waals surface area contributed by atoms with Crippen molar-refractivity contribution < 1.29 is 4.79 Å². The molecule has 1 fully saturated rings. The number of aromatic nitrogens is 1. The minimum Gasteiger partial charge on any atom is -0.369 e. The van der Waals surface area contributed by atoms with Crippen LogP contribution >= 0.6 is 0 Å². The number of rotatable bonds is 5. The molecule has 2 aromatic rings. The van der Waals surface area contributed by atoms with Crippen molar-refractivity contribution >= 4 is 5.91 Å². The van der Waals surface area contributed by atoms with Crippen molar-refractivity contribution in [3.63, 3.8) is 0 Å². The molecule has 1 aliphatic rings. The normalized spacial score (nSPS) is 18.7. The number of benzene rings is 1. The van der Waals surface area contributed by atoms with Crippen molar-refractivity contribution in [3.05, 3.63) is 65.5 Å². The molecule has 2 N–H and O–H groups in total. The van der Waals surface area contributed by atoms with Gasteiger partial charge < -0.3 is 5.73 Å². The summed E-state index contributed by atoms with van der Waals surface area (Å²) in [5.74, 6) is 0.135. The second kappa shape index (κ2) is 7.38. The van der Waals surface area contributed by atoms with Crippen LogP contribution in [0.25, 0.3) is 0 Å². The molecule has 1 amide bonds. The van der Waals surface area contributed by atoms with Gasteiger partial charge in [-0.05, 0) is 37.1 Å². The van der Waals surface area contributed by atoms with Crippen LogP contribution in [0.2, 0.25) is 0 Å². The number of piperidine rings is 1. The lowest BCUT2D eigenvalue weighted by Gasteiger charge is -2.31. The molecule has 4 heteroatoms. The number of primary amides is 1. The van der Waals surface area contributed by atoms with E-state index in [2.05, 4.69) is 47.4 Å². The molecule has 3 rings (SSSR count). The van der Waals surface area contributed by atoms with E-state index in [1.54, 1.807) is 0 Å². The summed E-state index contributed by atoms with van der Waals surface area (Å²) in [7, 11) is 0. The Morgan fingerprint density at radius 2 is 2.00 bits per heavy atom. The van der Waals surface area contributed by atoms with Crippen molar-refractivity contribution in [2.75, 3.05) is 19.6 Å². The van der Waals surface area contributed by atoms with Crippen LogP contribution in [0.3, 0.4) is 0 Å². The zero-order valence-electron chi connectivity index (χ0n) is 13.3. The molecule has 0 unspecified atom stereocenters. The van der Waals surface area contributed by atoms with E-state index < -0.39 is 0 Å². The molecule has 0 bridgehead atoms. The molecule has 0 saturated carbocycles. The van der Waals surface area contributed by atoms with Gasteiger partial charge in [-0.25, -0.2) is 0 Å². The molecule has 2 heterocycles. The van der Waals surface area contributed by atoms with E-state index in [-0.39, 0.29) is 5.91 Å². The number of hydrogen-bond donors (Lipinski definition) is 1. The van der Waals surface area contributed by atoms with E-state index in [1.165, 1.54) is 5.56 Å². The smallest absolute Gasteiger partial charge is 0.231 e. The van der Waals surface area contributed by atoms with E-state index in [9.17, 15) is 4.79 Å². The van der Waals surface area contributed by atoms with Crippen molar-refractivity contribution in [2.24, 2.45) is 5.73 Å². The predicted molar refractivity (Wildman–Crippen MR) is 91.1 cm³/mol. The Hall–Kier alpha value is -2.20. The van der Waals surface area contributed by atoms with Gasteiger partial charge in [0.15, 0.2) is 0 Å². The number of nitrogens with zero attached hydrogens (tertiary/aromatic N) is 2. The van der Waals surface area contributed by atoms with Crippen LogP contribution in [0, 0.1) is 0 Å². The Kier molecular flexibility index (Phi) is 5.03. The Balaban J connectivity index is 1.70. The highest BCUT2D eigenvalue weighted by molar-refractivity contribution is 5.75. The number of carbonyl (C=O) groups excluding carboxylic acids is 1. The maximum Gasteiger partial charge on any atom is 0.231 e. The third-order valence-corrected chi connectivity index (χ3v) is 4.36. The Morgan fingerprint density at radius 3 is 2.78 bits per heavy atom. The first-order chi connectivity index (χ1) is 11.2. The Bertz CT molecular complexity index is 657. The molecule has 1 saturated heterocycles. The zero-order chi connectivity index (χ0) is 16.1. The van der Waals surface area contributed by atoms with Gasteiger partial charge in [0, 0.05) is 30.3 Å². The Morgan fingerprint density at radius 1 is 1.17 bits per heavy atom. The summed E-state index contributed by atoms with van der Waals surface area (Å²) in [6.07, 6.45) is 3.06. The van der Waals surface area contributed by atoms with Gasteiger partial charge in [-0.15, -0.1) is 0 Å². The van der Waals surface area contributed by atoms with Crippen LogP contribution in [-0.4, -0.2) is 35.4 Å². The summed E-state index contributed by atoms with van der Waals surface area (Å²) in [5.41, 5.74) is 8.83. The minimum atomic E-state index is -0.253. The van der Waals surface area contributed by atoms with Gasteiger partial charge in [0.25, 0.3) is 0 Å². The molecule has 4 nitrogen and oxygen atoms in total. The second-order valence-corrected chi connectivity index (χ2v) is 6.26. The lowest BCUT2D eigenvalue weighted by Crippen LogP contribution is -2.40. The third-order valence-electron chi connectivity index (χ3n) is 4.36. The zero-order valence-corrected chi connectivity index (χ0v) is 13.3. The first-order valence-electron chi connectivity index (χ1n) is 8.21. The topological polar surface area (TPSA) is 59.2 Å². The SMILES string of the molecule is NC(=O)CN1CCC[C@@H](c2cccc(Cc3ccccc3)n2)C1. The van der Waals surface area contributed by atoms with Crippen LogP contribution in [0.4, 0.5) is 0 Å². The van der Waals surface area contributed by atoms with E-state index in [4.69, 9.17) is 10.7 Å². The molecule has 0 aliphatic carbocycles. The van der Waals surface area contributed by atoms with Gasteiger partial charge in [-0.1, -0.05) is 36.4 Å². The third kappa shape index (κ3) is 4.39. The van der Waals surface area contributed by atoms with Crippen LogP contribution in [0.5, 0.6) is 0 Å². The summed E-state index contributed by atoms with van der Waals surface area (Å²) in [6, 6.07) is 16.7. The molecule has 120 valence electrons. The van der Waals surface area contributed by atoms with Crippen LogP contribution < -0.4 is 5.73 Å². The predicted octanol–water partition coefficient (Wildman–Crippen LogP) is 2.34. The lowest BCUT2D eigenvalue weighted by atomic mass is 9.94. The summed E-state index contributed by atoms with van der Waals surface area (Å²) in [6.45, 7) is 2.16. The number of likely N-dealkylation sites (tertiary alicyclic amines) is 1. The first kappa shape index (κ1) is 15.7. The van der Waals surface area contributed by atoms with Crippen molar-refractivity contribution in [2.45, 2.75) is 25.2 Å². The summed E-state index contributed by atoms with van der Waals surface area (Å²) < 4.78 is 0. The fourth-order valence-corrected chi connectivity index (χ4v) is 3.29. The van der Waals surface area contributed by atoms with E-state index in [0.29, 0.717) is 12.5 Å². The van der Waals surface area contributed by atoms with Crippen LogP contribution in [0.1, 0.15) is 35.7 Å². The van der Waals surface area contributed by atoms with Crippen molar-refractivity contribution in [3.8, 4) is 0 Å². The fraction of sp³-hybridized carbons (Fsp3) is 0.368. The molecular weight excluding hydrogens is 286 g/mol. The van der Waals surface area contributed by atoms with Gasteiger partial charge in [-0.2, -0.15) is 0 Å². The number of amides is 1. The van der Waals surface area contributed by atoms with E-state index in [1.807, 2.05) is 6.07 Å².